The van der Waals surface area contributed by atoms with Gasteiger partial charge in [0.05, 0.1) is 0 Å². The lowest BCUT2D eigenvalue weighted by molar-refractivity contribution is -0.287. The van der Waals surface area contributed by atoms with Crippen molar-refractivity contribution < 1.29 is 27.0 Å². The van der Waals surface area contributed by atoms with Gasteiger partial charge >= 0.3 is 10.4 Å². The van der Waals surface area contributed by atoms with Gasteiger partial charge in [-0.05, 0) is 6.92 Å². The van der Waals surface area contributed by atoms with Crippen LogP contribution in [-0.4, -0.2) is 30.7 Å². The number of aliphatic hydroxyl groups is 2. The van der Waals surface area contributed by atoms with Crippen LogP contribution in [-0.2, 0) is 18.8 Å². The molecule has 6 nitrogen and oxygen atoms in total. The van der Waals surface area contributed by atoms with Gasteiger partial charge in [0.1, 0.15) is 0 Å². The Morgan fingerprint density at radius 3 is 1.90 bits per heavy atom. The second-order valence-electron chi connectivity index (χ2n) is 2.03. The SMILES string of the molecule is CC(O)(O)C1OS(=O)(=O)O1. The van der Waals surface area contributed by atoms with Crippen molar-refractivity contribution in [1.29, 1.82) is 0 Å². The minimum absolute atomic E-state index is 0.951. The minimum atomic E-state index is -3.93. The highest BCUT2D eigenvalue weighted by Crippen LogP contribution is 2.25. The first kappa shape index (κ1) is 7.89. The topological polar surface area (TPSA) is 93.1 Å². The molecule has 0 aromatic carbocycles. The van der Waals surface area contributed by atoms with E-state index >= 15 is 0 Å². The summed E-state index contributed by atoms with van der Waals surface area (Å²) in [7, 11) is -3.93. The zero-order valence-electron chi connectivity index (χ0n) is 5.01. The van der Waals surface area contributed by atoms with Gasteiger partial charge in [-0.1, -0.05) is 0 Å². The molecule has 7 heteroatoms. The van der Waals surface area contributed by atoms with Crippen LogP contribution < -0.4 is 0 Å². The molecule has 1 rings (SSSR count). The summed E-state index contributed by atoms with van der Waals surface area (Å²) in [6, 6.07) is 0. The highest BCUT2D eigenvalue weighted by molar-refractivity contribution is 7.82. The predicted octanol–water partition coefficient (Wildman–Crippen LogP) is -1.70. The van der Waals surface area contributed by atoms with Crippen molar-refractivity contribution in [2.24, 2.45) is 0 Å². The normalized spacial score (nSPS) is 25.9. The highest BCUT2D eigenvalue weighted by atomic mass is 32.3. The lowest BCUT2D eigenvalue weighted by Crippen LogP contribution is -2.52. The Morgan fingerprint density at radius 1 is 1.40 bits per heavy atom. The summed E-state index contributed by atoms with van der Waals surface area (Å²) in [5.41, 5.74) is 0. The largest absolute Gasteiger partial charge is 0.405 e. The molecule has 0 unspecified atom stereocenters. The van der Waals surface area contributed by atoms with E-state index in [1.54, 1.807) is 0 Å². The third kappa shape index (κ3) is 1.44. The summed E-state index contributed by atoms with van der Waals surface area (Å²) < 4.78 is 28.0. The van der Waals surface area contributed by atoms with Gasteiger partial charge in [0.25, 0.3) is 0 Å². The third-order valence-electron chi connectivity index (χ3n) is 0.857. The molecule has 0 atom stereocenters. The first-order valence-electron chi connectivity index (χ1n) is 2.37. The maximum Gasteiger partial charge on any atom is 0.405 e. The molecule has 0 spiro atoms. The molecular formula is C3H6O6S. The molecular weight excluding hydrogens is 164 g/mol. The summed E-state index contributed by atoms with van der Waals surface area (Å²) in [5.74, 6) is -2.27. The maximum atomic E-state index is 10.1. The Bertz CT molecular complexity index is 210. The molecule has 60 valence electrons. The highest BCUT2D eigenvalue weighted by Gasteiger charge is 2.47. The fourth-order valence-electron chi connectivity index (χ4n) is 0.404. The van der Waals surface area contributed by atoms with Crippen LogP contribution in [0.4, 0.5) is 0 Å². The van der Waals surface area contributed by atoms with Gasteiger partial charge in [-0.25, -0.2) is 8.37 Å². The smallest absolute Gasteiger partial charge is 0.362 e. The van der Waals surface area contributed by atoms with Gasteiger partial charge in [0, 0.05) is 0 Å². The minimum Gasteiger partial charge on any atom is -0.362 e. The van der Waals surface area contributed by atoms with Crippen LogP contribution in [0.15, 0.2) is 0 Å². The summed E-state index contributed by atoms with van der Waals surface area (Å²) >= 11 is 0. The molecule has 1 aliphatic heterocycles. The molecule has 0 bridgehead atoms. The van der Waals surface area contributed by atoms with E-state index in [-0.39, 0.29) is 0 Å². The zero-order chi connectivity index (χ0) is 7.99. The average molecular weight is 170 g/mol. The monoisotopic (exact) mass is 170 g/mol. The van der Waals surface area contributed by atoms with Crippen LogP contribution in [0, 0.1) is 0 Å². The Morgan fingerprint density at radius 2 is 1.80 bits per heavy atom. The molecule has 0 saturated carbocycles. The fourth-order valence-corrected chi connectivity index (χ4v) is 1.21. The molecule has 0 amide bonds. The molecule has 1 aliphatic rings. The second-order valence-corrected chi connectivity index (χ2v) is 3.23. The van der Waals surface area contributed by atoms with E-state index in [9.17, 15) is 8.42 Å². The van der Waals surface area contributed by atoms with E-state index in [4.69, 9.17) is 10.2 Å². The average Bonchev–Trinajstić information content (AvgIpc) is 1.56. The predicted molar refractivity (Wildman–Crippen MR) is 27.7 cm³/mol. The van der Waals surface area contributed by atoms with Crippen molar-refractivity contribution in [2.45, 2.75) is 19.0 Å². The van der Waals surface area contributed by atoms with Crippen molar-refractivity contribution >= 4 is 10.4 Å². The zero-order valence-corrected chi connectivity index (χ0v) is 5.83. The van der Waals surface area contributed by atoms with Crippen molar-refractivity contribution in [2.75, 3.05) is 0 Å². The van der Waals surface area contributed by atoms with Crippen LogP contribution in [0.25, 0.3) is 0 Å². The van der Waals surface area contributed by atoms with E-state index in [1.165, 1.54) is 0 Å². The molecule has 1 heterocycles. The van der Waals surface area contributed by atoms with E-state index in [0.29, 0.717) is 0 Å². The van der Waals surface area contributed by atoms with Crippen LogP contribution in [0.5, 0.6) is 0 Å². The molecule has 0 radical (unpaired) electrons. The van der Waals surface area contributed by atoms with Gasteiger partial charge in [-0.15, -0.1) is 0 Å². The van der Waals surface area contributed by atoms with Gasteiger partial charge in [0.2, 0.25) is 12.1 Å². The van der Waals surface area contributed by atoms with Crippen molar-refractivity contribution in [1.82, 2.24) is 0 Å². The van der Waals surface area contributed by atoms with E-state index in [0.717, 1.165) is 6.92 Å². The molecule has 0 aliphatic carbocycles. The molecule has 1 saturated heterocycles. The quantitative estimate of drug-likeness (QED) is 0.456. The summed E-state index contributed by atoms with van der Waals surface area (Å²) in [5, 5.41) is 17.2. The molecule has 1 fully saturated rings. The lowest BCUT2D eigenvalue weighted by atomic mass is 10.3. The van der Waals surface area contributed by atoms with Gasteiger partial charge in [-0.3, -0.25) is 0 Å². The summed E-state index contributed by atoms with van der Waals surface area (Å²) in [6.07, 6.45) is -1.50. The molecule has 10 heavy (non-hydrogen) atoms. The number of hydrogen-bond donors (Lipinski definition) is 2. The van der Waals surface area contributed by atoms with Crippen molar-refractivity contribution in [3.8, 4) is 0 Å². The summed E-state index contributed by atoms with van der Waals surface area (Å²) in [6.45, 7) is 0.951. The van der Waals surface area contributed by atoms with Gasteiger partial charge < -0.3 is 10.2 Å². The summed E-state index contributed by atoms with van der Waals surface area (Å²) in [4.78, 5) is 0. The van der Waals surface area contributed by atoms with Crippen LogP contribution >= 0.6 is 0 Å². The molecule has 0 aromatic rings. The van der Waals surface area contributed by atoms with Gasteiger partial charge in [0.15, 0.2) is 0 Å². The Labute approximate surface area is 57.3 Å². The van der Waals surface area contributed by atoms with Crippen LogP contribution in [0.2, 0.25) is 0 Å². The molecule has 0 aromatic heterocycles. The van der Waals surface area contributed by atoms with Gasteiger partial charge in [-0.2, -0.15) is 8.42 Å². The second kappa shape index (κ2) is 1.89. The third-order valence-corrected chi connectivity index (χ3v) is 1.68. The van der Waals surface area contributed by atoms with Crippen molar-refractivity contribution in [3.05, 3.63) is 0 Å². The Hall–Kier alpha value is -0.210. The standard InChI is InChI=1S/C3H6O6S/c1-3(4,5)2-8-10(6,7)9-2/h2,4-5H,1H3. The van der Waals surface area contributed by atoms with E-state index in [2.05, 4.69) is 8.37 Å². The molecule has 2 N–H and O–H groups in total. The van der Waals surface area contributed by atoms with E-state index < -0.39 is 22.5 Å². The number of rotatable bonds is 1. The fraction of sp³-hybridized carbons (Fsp3) is 1.00. The van der Waals surface area contributed by atoms with Crippen LogP contribution in [0.3, 0.4) is 0 Å². The maximum absolute atomic E-state index is 10.1. The first-order valence-corrected chi connectivity index (χ1v) is 3.71. The van der Waals surface area contributed by atoms with Crippen molar-refractivity contribution in [3.63, 3.8) is 0 Å². The Balaban J connectivity index is 2.56. The number of hydrogen-bond acceptors (Lipinski definition) is 6. The first-order chi connectivity index (χ1) is 4.31. The lowest BCUT2D eigenvalue weighted by Gasteiger charge is -2.32. The Kier molecular flexibility index (Phi) is 1.49. The van der Waals surface area contributed by atoms with Crippen LogP contribution in [0.1, 0.15) is 6.92 Å². The van der Waals surface area contributed by atoms with E-state index in [1.807, 2.05) is 0 Å².